The predicted molar refractivity (Wildman–Crippen MR) is 53.0 cm³/mol. The molecule has 0 aliphatic carbocycles. The number of aliphatic carboxylic acids is 1. The second-order valence-electron chi connectivity index (χ2n) is 3.03. The van der Waals surface area contributed by atoms with Crippen LogP contribution in [-0.2, 0) is 9.53 Å². The van der Waals surface area contributed by atoms with Gasteiger partial charge in [0, 0.05) is 13.7 Å². The summed E-state index contributed by atoms with van der Waals surface area (Å²) >= 11 is 0. The van der Waals surface area contributed by atoms with E-state index in [-0.39, 0.29) is 0 Å². The second kappa shape index (κ2) is 9.48. The Morgan fingerprint density at radius 1 is 1.46 bits per heavy atom. The average Bonchev–Trinajstić information content (AvgIpc) is 2.00. The number of hydrogen-bond donors (Lipinski definition) is 1. The maximum atomic E-state index is 10.3. The van der Waals surface area contributed by atoms with Crippen LogP contribution in [0.2, 0.25) is 0 Å². The van der Waals surface area contributed by atoms with Crippen LogP contribution in [0.1, 0.15) is 20.3 Å². The van der Waals surface area contributed by atoms with Crippen molar-refractivity contribution in [2.45, 2.75) is 26.4 Å². The van der Waals surface area contributed by atoms with Crippen LogP contribution in [0.4, 0.5) is 0 Å². The number of carboxylic acids is 1. The molecule has 0 bridgehead atoms. The van der Waals surface area contributed by atoms with E-state index in [2.05, 4.69) is 18.6 Å². The maximum absolute atomic E-state index is 10.3. The monoisotopic (exact) mass is 191 g/mol. The van der Waals surface area contributed by atoms with Crippen molar-refractivity contribution in [3.8, 4) is 0 Å². The molecule has 0 aliphatic heterocycles. The SMILES string of the molecule is CCC.COC(CN(C)C)C(=O)O. The highest BCUT2D eigenvalue weighted by molar-refractivity contribution is 5.72. The van der Waals surface area contributed by atoms with Gasteiger partial charge in [0.25, 0.3) is 0 Å². The third kappa shape index (κ3) is 11.4. The molecule has 0 saturated heterocycles. The lowest BCUT2D eigenvalue weighted by atomic mass is 10.3. The molecule has 0 rings (SSSR count). The highest BCUT2D eigenvalue weighted by Crippen LogP contribution is 1.91. The van der Waals surface area contributed by atoms with Gasteiger partial charge in [-0.25, -0.2) is 4.79 Å². The molecule has 4 heteroatoms. The van der Waals surface area contributed by atoms with Crippen LogP contribution in [0.25, 0.3) is 0 Å². The molecular weight excluding hydrogens is 170 g/mol. The Labute approximate surface area is 80.5 Å². The van der Waals surface area contributed by atoms with Crippen LogP contribution in [-0.4, -0.2) is 49.8 Å². The zero-order chi connectivity index (χ0) is 10.9. The largest absolute Gasteiger partial charge is 0.479 e. The summed E-state index contributed by atoms with van der Waals surface area (Å²) in [6.07, 6.45) is 0.537. The number of rotatable bonds is 4. The molecule has 1 N–H and O–H groups in total. The van der Waals surface area contributed by atoms with Crippen LogP contribution >= 0.6 is 0 Å². The molecule has 4 nitrogen and oxygen atoms in total. The van der Waals surface area contributed by atoms with Crippen molar-refractivity contribution in [2.75, 3.05) is 27.7 Å². The van der Waals surface area contributed by atoms with Crippen LogP contribution in [0.5, 0.6) is 0 Å². The molecule has 13 heavy (non-hydrogen) atoms. The van der Waals surface area contributed by atoms with Crippen molar-refractivity contribution in [3.63, 3.8) is 0 Å². The van der Waals surface area contributed by atoms with E-state index >= 15 is 0 Å². The molecule has 0 heterocycles. The van der Waals surface area contributed by atoms with E-state index in [4.69, 9.17) is 5.11 Å². The molecule has 0 aromatic carbocycles. The van der Waals surface area contributed by atoms with Gasteiger partial charge in [-0.15, -0.1) is 0 Å². The summed E-state index contributed by atoms with van der Waals surface area (Å²) in [7, 11) is 4.99. The first-order valence-electron chi connectivity index (χ1n) is 4.39. The maximum Gasteiger partial charge on any atom is 0.334 e. The molecule has 0 aliphatic rings. The van der Waals surface area contributed by atoms with Gasteiger partial charge in [0.15, 0.2) is 6.10 Å². The fourth-order valence-corrected chi connectivity index (χ4v) is 0.585. The summed E-state index contributed by atoms with van der Waals surface area (Å²) in [4.78, 5) is 12.1. The van der Waals surface area contributed by atoms with Crippen molar-refractivity contribution in [1.29, 1.82) is 0 Å². The van der Waals surface area contributed by atoms with E-state index in [1.165, 1.54) is 13.5 Å². The fourth-order valence-electron chi connectivity index (χ4n) is 0.585. The number of nitrogens with zero attached hydrogens (tertiary/aromatic N) is 1. The Morgan fingerprint density at radius 3 is 1.92 bits per heavy atom. The van der Waals surface area contributed by atoms with Gasteiger partial charge in [0.05, 0.1) is 0 Å². The van der Waals surface area contributed by atoms with Crippen LogP contribution in [0, 0.1) is 0 Å². The minimum absolute atomic E-state index is 0.409. The van der Waals surface area contributed by atoms with Gasteiger partial charge in [-0.2, -0.15) is 0 Å². The Morgan fingerprint density at radius 2 is 1.85 bits per heavy atom. The van der Waals surface area contributed by atoms with Crippen molar-refractivity contribution >= 4 is 5.97 Å². The number of hydrogen-bond acceptors (Lipinski definition) is 3. The molecule has 0 aromatic rings. The third-order valence-corrected chi connectivity index (χ3v) is 1.09. The van der Waals surface area contributed by atoms with Crippen LogP contribution in [0.15, 0.2) is 0 Å². The second-order valence-corrected chi connectivity index (χ2v) is 3.03. The molecule has 0 amide bonds. The van der Waals surface area contributed by atoms with Gasteiger partial charge < -0.3 is 14.7 Å². The number of methoxy groups -OCH3 is 1. The molecular formula is C9H21NO3. The highest BCUT2D eigenvalue weighted by Gasteiger charge is 2.16. The lowest BCUT2D eigenvalue weighted by molar-refractivity contribution is -0.149. The van der Waals surface area contributed by atoms with Crippen molar-refractivity contribution in [3.05, 3.63) is 0 Å². The quantitative estimate of drug-likeness (QED) is 0.722. The van der Waals surface area contributed by atoms with Gasteiger partial charge in [-0.3, -0.25) is 0 Å². The Kier molecular flexibility index (Phi) is 10.9. The minimum Gasteiger partial charge on any atom is -0.479 e. The van der Waals surface area contributed by atoms with E-state index < -0.39 is 12.1 Å². The molecule has 0 saturated carbocycles. The molecule has 0 aromatic heterocycles. The molecule has 0 radical (unpaired) electrons. The van der Waals surface area contributed by atoms with Gasteiger partial charge in [-0.05, 0) is 14.1 Å². The van der Waals surface area contributed by atoms with E-state index in [9.17, 15) is 4.79 Å². The van der Waals surface area contributed by atoms with E-state index in [1.54, 1.807) is 19.0 Å². The van der Waals surface area contributed by atoms with Gasteiger partial charge in [0.2, 0.25) is 0 Å². The van der Waals surface area contributed by atoms with Crippen LogP contribution in [0.3, 0.4) is 0 Å². The van der Waals surface area contributed by atoms with E-state index in [0.717, 1.165) is 0 Å². The summed E-state index contributed by atoms with van der Waals surface area (Å²) in [6.45, 7) is 4.66. The molecule has 1 unspecified atom stereocenters. The minimum atomic E-state index is -0.920. The molecule has 80 valence electrons. The summed E-state index contributed by atoms with van der Waals surface area (Å²) in [6, 6.07) is 0. The summed E-state index contributed by atoms with van der Waals surface area (Å²) in [5.41, 5.74) is 0. The summed E-state index contributed by atoms with van der Waals surface area (Å²) in [5.74, 6) is -0.920. The topological polar surface area (TPSA) is 49.8 Å². The van der Waals surface area contributed by atoms with Crippen LogP contribution < -0.4 is 0 Å². The number of carboxylic acid groups (broad SMARTS) is 1. The predicted octanol–water partition coefficient (Wildman–Crippen LogP) is 1.06. The van der Waals surface area contributed by atoms with Crippen molar-refractivity contribution < 1.29 is 14.6 Å². The summed E-state index contributed by atoms with van der Waals surface area (Å²) < 4.78 is 4.68. The van der Waals surface area contributed by atoms with Crippen molar-refractivity contribution in [1.82, 2.24) is 4.90 Å². The molecule has 0 spiro atoms. The molecule has 1 atom stereocenters. The standard InChI is InChI=1S/C6H13NO3.C3H8/c1-7(2)4-5(10-3)6(8)9;1-3-2/h5H,4H2,1-3H3,(H,8,9);3H2,1-2H3. The van der Waals surface area contributed by atoms with Crippen molar-refractivity contribution in [2.24, 2.45) is 0 Å². The third-order valence-electron chi connectivity index (χ3n) is 1.09. The van der Waals surface area contributed by atoms with E-state index in [1.807, 2.05) is 0 Å². The highest BCUT2D eigenvalue weighted by atomic mass is 16.5. The number of carbonyl (C=O) groups is 1. The number of likely N-dealkylation sites (N-methyl/N-ethyl adjacent to an activating group) is 1. The molecule has 0 fully saturated rings. The van der Waals surface area contributed by atoms with Gasteiger partial charge >= 0.3 is 5.97 Å². The fraction of sp³-hybridized carbons (Fsp3) is 0.889. The normalized spacial score (nSPS) is 11.8. The lowest BCUT2D eigenvalue weighted by Gasteiger charge is -2.14. The smallest absolute Gasteiger partial charge is 0.334 e. The zero-order valence-electron chi connectivity index (χ0n) is 9.20. The lowest BCUT2D eigenvalue weighted by Crippen LogP contribution is -2.33. The van der Waals surface area contributed by atoms with Gasteiger partial charge in [0.1, 0.15) is 0 Å². The Balaban J connectivity index is 0. The Bertz CT molecular complexity index is 126. The zero-order valence-corrected chi connectivity index (χ0v) is 9.20. The first-order chi connectivity index (χ1) is 5.99. The van der Waals surface area contributed by atoms with Gasteiger partial charge in [-0.1, -0.05) is 20.3 Å². The average molecular weight is 191 g/mol. The Hall–Kier alpha value is -0.610. The summed E-state index contributed by atoms with van der Waals surface area (Å²) in [5, 5.41) is 8.47. The first-order valence-corrected chi connectivity index (χ1v) is 4.39. The first kappa shape index (κ1) is 14.9. The van der Waals surface area contributed by atoms with E-state index in [0.29, 0.717) is 6.54 Å². The number of ether oxygens (including phenoxy) is 1.